The molecular formula is C17H22N4O3. The van der Waals surface area contributed by atoms with Crippen molar-refractivity contribution in [3.63, 3.8) is 0 Å². The summed E-state index contributed by atoms with van der Waals surface area (Å²) in [5, 5.41) is 5.88. The molecule has 128 valence electrons. The fourth-order valence-corrected chi connectivity index (χ4v) is 2.07. The number of rotatable bonds is 8. The van der Waals surface area contributed by atoms with Crippen molar-refractivity contribution in [2.45, 2.75) is 13.3 Å². The molecule has 0 spiro atoms. The van der Waals surface area contributed by atoms with Crippen LogP contribution in [0.15, 0.2) is 30.6 Å². The summed E-state index contributed by atoms with van der Waals surface area (Å²) in [4.78, 5) is 20.6. The van der Waals surface area contributed by atoms with E-state index >= 15 is 0 Å². The predicted molar refractivity (Wildman–Crippen MR) is 92.7 cm³/mol. The summed E-state index contributed by atoms with van der Waals surface area (Å²) >= 11 is 0. The molecule has 2 N–H and O–H groups in total. The van der Waals surface area contributed by atoms with Gasteiger partial charge in [-0.2, -0.15) is 0 Å². The zero-order valence-electron chi connectivity index (χ0n) is 14.1. The molecule has 1 amide bonds. The summed E-state index contributed by atoms with van der Waals surface area (Å²) in [5.74, 6) is 0.798. The van der Waals surface area contributed by atoms with Crippen LogP contribution in [-0.4, -0.2) is 43.2 Å². The van der Waals surface area contributed by atoms with Crippen LogP contribution >= 0.6 is 0 Å². The topological polar surface area (TPSA) is 85.4 Å². The van der Waals surface area contributed by atoms with Crippen LogP contribution < -0.4 is 15.4 Å². The lowest BCUT2D eigenvalue weighted by Gasteiger charge is -2.11. The van der Waals surface area contributed by atoms with Crippen molar-refractivity contribution in [3.05, 3.63) is 41.7 Å². The van der Waals surface area contributed by atoms with E-state index in [2.05, 4.69) is 20.6 Å². The van der Waals surface area contributed by atoms with Crippen molar-refractivity contribution in [1.29, 1.82) is 0 Å². The number of amides is 1. The zero-order chi connectivity index (χ0) is 17.4. The lowest BCUT2D eigenvalue weighted by molar-refractivity contribution is 0.102. The van der Waals surface area contributed by atoms with E-state index in [0.29, 0.717) is 36.1 Å². The first-order valence-electron chi connectivity index (χ1n) is 7.65. The summed E-state index contributed by atoms with van der Waals surface area (Å²) in [6.45, 7) is 3.33. The minimum Gasteiger partial charge on any atom is -0.495 e. The van der Waals surface area contributed by atoms with Crippen LogP contribution in [-0.2, 0) is 4.74 Å². The Hall–Kier alpha value is -2.67. The molecule has 0 saturated heterocycles. The Morgan fingerprint density at radius 2 is 1.96 bits per heavy atom. The molecule has 0 saturated carbocycles. The lowest BCUT2D eigenvalue weighted by Crippen LogP contribution is -2.14. The second-order valence-electron chi connectivity index (χ2n) is 5.23. The van der Waals surface area contributed by atoms with E-state index in [0.717, 1.165) is 12.0 Å². The van der Waals surface area contributed by atoms with Gasteiger partial charge in [-0.15, -0.1) is 0 Å². The van der Waals surface area contributed by atoms with Crippen molar-refractivity contribution in [2.75, 3.05) is 38.0 Å². The normalized spacial score (nSPS) is 10.3. The monoisotopic (exact) mass is 330 g/mol. The Morgan fingerprint density at radius 1 is 1.21 bits per heavy atom. The number of anilines is 2. The number of ether oxygens (including phenoxy) is 2. The lowest BCUT2D eigenvalue weighted by atomic mass is 10.2. The van der Waals surface area contributed by atoms with Crippen molar-refractivity contribution in [2.24, 2.45) is 0 Å². The van der Waals surface area contributed by atoms with Gasteiger partial charge in [0.2, 0.25) is 5.95 Å². The first-order chi connectivity index (χ1) is 11.6. The van der Waals surface area contributed by atoms with E-state index in [4.69, 9.17) is 9.47 Å². The SMILES string of the molecule is COCCCNc1ncc(C(=O)Nc2cc(C)ccc2OC)cn1. The zero-order valence-corrected chi connectivity index (χ0v) is 14.1. The maximum Gasteiger partial charge on any atom is 0.258 e. The Balaban J connectivity index is 1.99. The number of benzene rings is 1. The second kappa shape index (κ2) is 8.83. The van der Waals surface area contributed by atoms with E-state index < -0.39 is 0 Å². The molecule has 0 radical (unpaired) electrons. The number of aryl methyl sites for hydroxylation is 1. The average Bonchev–Trinajstić information content (AvgIpc) is 2.59. The second-order valence-corrected chi connectivity index (χ2v) is 5.23. The highest BCUT2D eigenvalue weighted by Crippen LogP contribution is 2.25. The molecule has 0 bridgehead atoms. The number of hydrogen-bond donors (Lipinski definition) is 2. The van der Waals surface area contributed by atoms with Crippen LogP contribution in [0.5, 0.6) is 5.75 Å². The van der Waals surface area contributed by atoms with Gasteiger partial charge >= 0.3 is 0 Å². The molecular weight excluding hydrogens is 308 g/mol. The van der Waals surface area contributed by atoms with Crippen molar-refractivity contribution in [1.82, 2.24) is 9.97 Å². The highest BCUT2D eigenvalue weighted by molar-refractivity contribution is 6.04. The maximum atomic E-state index is 12.3. The molecule has 24 heavy (non-hydrogen) atoms. The van der Waals surface area contributed by atoms with Gasteiger partial charge in [0, 0.05) is 32.7 Å². The van der Waals surface area contributed by atoms with Crippen molar-refractivity contribution in [3.8, 4) is 5.75 Å². The van der Waals surface area contributed by atoms with E-state index in [-0.39, 0.29) is 5.91 Å². The molecule has 0 fully saturated rings. The third-order valence-electron chi connectivity index (χ3n) is 3.33. The largest absolute Gasteiger partial charge is 0.495 e. The standard InChI is InChI=1S/C17H22N4O3/c1-12-5-6-15(24-3)14(9-12)21-16(22)13-10-19-17(20-11-13)18-7-4-8-23-2/h5-6,9-11H,4,7-8H2,1-3H3,(H,21,22)(H,18,19,20). The van der Waals surface area contributed by atoms with E-state index in [1.807, 2.05) is 25.1 Å². The molecule has 0 atom stereocenters. The van der Waals surface area contributed by atoms with E-state index in [1.54, 1.807) is 14.2 Å². The third-order valence-corrected chi connectivity index (χ3v) is 3.33. The highest BCUT2D eigenvalue weighted by Gasteiger charge is 2.11. The number of hydrogen-bond acceptors (Lipinski definition) is 6. The molecule has 0 aliphatic rings. The Morgan fingerprint density at radius 3 is 2.62 bits per heavy atom. The van der Waals surface area contributed by atoms with Crippen LogP contribution in [0, 0.1) is 6.92 Å². The molecule has 1 aromatic carbocycles. The first-order valence-corrected chi connectivity index (χ1v) is 7.65. The molecule has 1 heterocycles. The molecule has 2 aromatic rings. The van der Waals surface area contributed by atoms with Crippen LogP contribution in [0.1, 0.15) is 22.3 Å². The smallest absolute Gasteiger partial charge is 0.258 e. The van der Waals surface area contributed by atoms with E-state index in [9.17, 15) is 4.79 Å². The van der Waals surface area contributed by atoms with Gasteiger partial charge in [-0.25, -0.2) is 9.97 Å². The minimum absolute atomic E-state index is 0.287. The van der Waals surface area contributed by atoms with E-state index in [1.165, 1.54) is 12.4 Å². The Bertz CT molecular complexity index is 674. The molecule has 0 aliphatic carbocycles. The molecule has 0 aliphatic heterocycles. The van der Waals surface area contributed by atoms with Crippen molar-refractivity contribution >= 4 is 17.5 Å². The molecule has 1 aromatic heterocycles. The average molecular weight is 330 g/mol. The number of nitrogens with one attached hydrogen (secondary N) is 2. The van der Waals surface area contributed by atoms with Crippen LogP contribution in [0.4, 0.5) is 11.6 Å². The van der Waals surface area contributed by atoms with Crippen LogP contribution in [0.2, 0.25) is 0 Å². The van der Waals surface area contributed by atoms with Gasteiger partial charge in [-0.1, -0.05) is 6.07 Å². The van der Waals surface area contributed by atoms with Gasteiger partial charge < -0.3 is 20.1 Å². The van der Waals surface area contributed by atoms with Gasteiger partial charge in [0.15, 0.2) is 0 Å². The summed E-state index contributed by atoms with van der Waals surface area (Å²) in [7, 11) is 3.22. The summed E-state index contributed by atoms with van der Waals surface area (Å²) in [6, 6.07) is 5.58. The fraction of sp³-hybridized carbons (Fsp3) is 0.353. The van der Waals surface area contributed by atoms with Gasteiger partial charge in [0.25, 0.3) is 5.91 Å². The number of methoxy groups -OCH3 is 2. The quantitative estimate of drug-likeness (QED) is 0.723. The van der Waals surface area contributed by atoms with Gasteiger partial charge in [0.05, 0.1) is 18.4 Å². The molecule has 7 nitrogen and oxygen atoms in total. The predicted octanol–water partition coefficient (Wildman–Crippen LogP) is 2.49. The fourth-order valence-electron chi connectivity index (χ4n) is 2.07. The van der Waals surface area contributed by atoms with Crippen LogP contribution in [0.25, 0.3) is 0 Å². The first kappa shape index (κ1) is 17.7. The Labute approximate surface area is 141 Å². The van der Waals surface area contributed by atoms with Gasteiger partial charge in [0.1, 0.15) is 5.75 Å². The molecule has 7 heteroatoms. The number of nitrogens with zero attached hydrogens (tertiary/aromatic N) is 2. The highest BCUT2D eigenvalue weighted by atomic mass is 16.5. The number of aromatic nitrogens is 2. The van der Waals surface area contributed by atoms with Crippen molar-refractivity contribution < 1.29 is 14.3 Å². The summed E-state index contributed by atoms with van der Waals surface area (Å²) in [6.07, 6.45) is 3.84. The third kappa shape index (κ3) is 4.92. The summed E-state index contributed by atoms with van der Waals surface area (Å²) in [5.41, 5.74) is 2.02. The minimum atomic E-state index is -0.287. The molecule has 0 unspecified atom stereocenters. The summed E-state index contributed by atoms with van der Waals surface area (Å²) < 4.78 is 10.2. The Kier molecular flexibility index (Phi) is 6.51. The number of carbonyl (C=O) groups is 1. The van der Waals surface area contributed by atoms with Crippen LogP contribution in [0.3, 0.4) is 0 Å². The van der Waals surface area contributed by atoms with Gasteiger partial charge in [-0.3, -0.25) is 4.79 Å². The molecule has 2 rings (SSSR count). The van der Waals surface area contributed by atoms with Gasteiger partial charge in [-0.05, 0) is 31.0 Å². The number of carbonyl (C=O) groups excluding carboxylic acids is 1. The maximum absolute atomic E-state index is 12.3.